The molecule has 0 bridgehead atoms. The summed E-state index contributed by atoms with van der Waals surface area (Å²) in [4.78, 5) is 12.1. The highest BCUT2D eigenvalue weighted by atomic mass is 16.5. The van der Waals surface area contributed by atoms with Gasteiger partial charge in [-0.1, -0.05) is 11.3 Å². The van der Waals surface area contributed by atoms with Crippen LogP contribution in [0.1, 0.15) is 16.5 Å². The zero-order valence-corrected chi connectivity index (χ0v) is 11.0. The number of hydrogen-bond donors (Lipinski definition) is 2. The molecule has 3 rings (SSSR count). The number of rotatable bonds is 4. The molecule has 20 heavy (non-hydrogen) atoms. The Morgan fingerprint density at radius 2 is 2.35 bits per heavy atom. The van der Waals surface area contributed by atoms with Gasteiger partial charge in [0.1, 0.15) is 5.75 Å². The second kappa shape index (κ2) is 5.30. The monoisotopic (exact) mass is 273 g/mol. The number of carbonyl (C=O) groups is 1. The van der Waals surface area contributed by atoms with E-state index in [1.165, 1.54) is 0 Å². The van der Waals surface area contributed by atoms with Gasteiger partial charge in [0.15, 0.2) is 5.69 Å². The molecule has 0 aliphatic carbocycles. The van der Waals surface area contributed by atoms with Gasteiger partial charge in [0, 0.05) is 24.8 Å². The van der Waals surface area contributed by atoms with Gasteiger partial charge < -0.3 is 15.4 Å². The maximum absolute atomic E-state index is 12.1. The van der Waals surface area contributed by atoms with Crippen LogP contribution in [-0.2, 0) is 0 Å². The molecule has 2 heterocycles. The lowest BCUT2D eigenvalue weighted by atomic mass is 10.2. The van der Waals surface area contributed by atoms with Crippen LogP contribution >= 0.6 is 0 Å². The molecule has 1 saturated heterocycles. The normalized spacial score (nSPS) is 14.7. The topological polar surface area (TPSA) is 81.1 Å². The van der Waals surface area contributed by atoms with E-state index >= 15 is 0 Å². The lowest BCUT2D eigenvalue weighted by Crippen LogP contribution is -2.43. The summed E-state index contributed by atoms with van der Waals surface area (Å²) < 4.78 is 6.83. The molecule has 7 heteroatoms. The van der Waals surface area contributed by atoms with Gasteiger partial charge in [-0.2, -0.15) is 0 Å². The fraction of sp³-hybridized carbons (Fsp3) is 0.308. The van der Waals surface area contributed by atoms with Crippen LogP contribution in [-0.4, -0.2) is 41.1 Å². The first-order chi connectivity index (χ1) is 9.76. The molecule has 104 valence electrons. The number of hydrogen-bond acceptors (Lipinski definition) is 5. The van der Waals surface area contributed by atoms with Crippen LogP contribution in [0, 0.1) is 0 Å². The van der Waals surface area contributed by atoms with Crippen molar-refractivity contribution in [3.05, 3.63) is 36.2 Å². The molecule has 2 N–H and O–H groups in total. The van der Waals surface area contributed by atoms with Crippen molar-refractivity contribution in [2.75, 3.05) is 25.5 Å². The molecule has 1 amide bonds. The smallest absolute Gasteiger partial charge is 0.277 e. The molecule has 2 aromatic rings. The summed E-state index contributed by atoms with van der Waals surface area (Å²) in [5, 5.41) is 13.8. The Kier molecular flexibility index (Phi) is 3.34. The third-order valence-corrected chi connectivity index (χ3v) is 3.20. The van der Waals surface area contributed by atoms with Gasteiger partial charge in [-0.15, -0.1) is 5.10 Å². The summed E-state index contributed by atoms with van der Waals surface area (Å²) in [6.07, 6.45) is 1.67. The maximum Gasteiger partial charge on any atom is 0.277 e. The van der Waals surface area contributed by atoms with Gasteiger partial charge in [0.2, 0.25) is 0 Å². The highest BCUT2D eigenvalue weighted by Crippen LogP contribution is 2.17. The third kappa shape index (κ3) is 2.48. The second-order valence-corrected chi connectivity index (χ2v) is 4.58. The molecule has 1 aromatic carbocycles. The van der Waals surface area contributed by atoms with Crippen LogP contribution in [0.15, 0.2) is 30.5 Å². The van der Waals surface area contributed by atoms with Crippen LogP contribution < -0.4 is 15.4 Å². The molecule has 0 atom stereocenters. The molecule has 0 radical (unpaired) electrons. The molecular weight excluding hydrogens is 258 g/mol. The van der Waals surface area contributed by atoms with E-state index in [0.717, 1.165) is 13.1 Å². The van der Waals surface area contributed by atoms with Crippen LogP contribution in [0.2, 0.25) is 0 Å². The lowest BCUT2D eigenvalue weighted by molar-refractivity contribution is 0.102. The largest absolute Gasteiger partial charge is 0.497 e. The first kappa shape index (κ1) is 12.6. The first-order valence-corrected chi connectivity index (χ1v) is 6.34. The summed E-state index contributed by atoms with van der Waals surface area (Å²) in [6.45, 7) is 1.72. The van der Waals surface area contributed by atoms with Gasteiger partial charge in [-0.3, -0.25) is 4.79 Å². The van der Waals surface area contributed by atoms with Crippen molar-refractivity contribution >= 4 is 11.6 Å². The Labute approximate surface area is 115 Å². The van der Waals surface area contributed by atoms with Crippen LogP contribution in [0.5, 0.6) is 5.75 Å². The van der Waals surface area contributed by atoms with E-state index in [-0.39, 0.29) is 5.91 Å². The summed E-state index contributed by atoms with van der Waals surface area (Å²) in [5.74, 6) is 0.406. The summed E-state index contributed by atoms with van der Waals surface area (Å²) in [6, 6.07) is 7.46. The highest BCUT2D eigenvalue weighted by Gasteiger charge is 2.21. The number of nitrogens with zero attached hydrogens (tertiary/aromatic N) is 3. The Bertz CT molecular complexity index is 621. The van der Waals surface area contributed by atoms with Crippen LogP contribution in [0.25, 0.3) is 0 Å². The summed E-state index contributed by atoms with van der Waals surface area (Å²) >= 11 is 0. The Hall–Kier alpha value is -2.41. The minimum atomic E-state index is -0.281. The van der Waals surface area contributed by atoms with E-state index in [4.69, 9.17) is 4.74 Å². The molecular formula is C13H15N5O2. The molecule has 1 aliphatic heterocycles. The fourth-order valence-electron chi connectivity index (χ4n) is 1.92. The molecule has 1 aliphatic rings. The predicted molar refractivity (Wildman–Crippen MR) is 72.9 cm³/mol. The molecule has 0 spiro atoms. The molecule has 1 aromatic heterocycles. The number of methoxy groups -OCH3 is 1. The number of carbonyl (C=O) groups excluding carboxylic acids is 1. The number of benzene rings is 1. The zero-order chi connectivity index (χ0) is 13.9. The standard InChI is InChI=1S/C13H15N5O2/c1-20-11-4-2-3-9(5-11)15-13(19)12-8-18(17-16-12)10-6-14-7-10/h2-5,8,10,14H,6-7H2,1H3,(H,15,19). The zero-order valence-electron chi connectivity index (χ0n) is 11.0. The Morgan fingerprint density at radius 1 is 1.50 bits per heavy atom. The summed E-state index contributed by atoms with van der Waals surface area (Å²) in [5.41, 5.74) is 0.967. The number of amides is 1. The van der Waals surface area contributed by atoms with E-state index in [1.54, 1.807) is 30.1 Å². The van der Waals surface area contributed by atoms with E-state index < -0.39 is 0 Å². The van der Waals surface area contributed by atoms with E-state index in [9.17, 15) is 4.79 Å². The van der Waals surface area contributed by atoms with Crippen molar-refractivity contribution in [2.24, 2.45) is 0 Å². The minimum absolute atomic E-state index is 0.281. The first-order valence-electron chi connectivity index (χ1n) is 6.34. The minimum Gasteiger partial charge on any atom is -0.497 e. The number of aromatic nitrogens is 3. The van der Waals surface area contributed by atoms with Gasteiger partial charge in [0.25, 0.3) is 5.91 Å². The van der Waals surface area contributed by atoms with Crippen molar-refractivity contribution in [2.45, 2.75) is 6.04 Å². The van der Waals surface area contributed by atoms with Crippen molar-refractivity contribution in [1.29, 1.82) is 0 Å². The number of anilines is 1. The van der Waals surface area contributed by atoms with Gasteiger partial charge in [0.05, 0.1) is 19.3 Å². The second-order valence-electron chi connectivity index (χ2n) is 4.58. The fourth-order valence-corrected chi connectivity index (χ4v) is 1.92. The molecule has 0 saturated carbocycles. The van der Waals surface area contributed by atoms with Gasteiger partial charge >= 0.3 is 0 Å². The summed E-state index contributed by atoms with van der Waals surface area (Å²) in [7, 11) is 1.58. The van der Waals surface area contributed by atoms with E-state index in [2.05, 4.69) is 20.9 Å². The highest BCUT2D eigenvalue weighted by molar-refractivity contribution is 6.02. The molecule has 1 fully saturated rings. The SMILES string of the molecule is COc1cccc(NC(=O)c2cn(C3CNC3)nn2)c1. The van der Waals surface area contributed by atoms with Crippen molar-refractivity contribution in [3.63, 3.8) is 0 Å². The van der Waals surface area contributed by atoms with Crippen molar-refractivity contribution in [3.8, 4) is 5.75 Å². The molecule has 7 nitrogen and oxygen atoms in total. The van der Waals surface area contributed by atoms with Gasteiger partial charge in [-0.05, 0) is 12.1 Å². The predicted octanol–water partition coefficient (Wildman–Crippen LogP) is 0.683. The average Bonchev–Trinajstić information content (AvgIpc) is 2.86. The molecule has 0 unspecified atom stereocenters. The Morgan fingerprint density at radius 3 is 3.05 bits per heavy atom. The number of nitrogens with one attached hydrogen (secondary N) is 2. The van der Waals surface area contributed by atoms with E-state index in [0.29, 0.717) is 23.2 Å². The van der Waals surface area contributed by atoms with Crippen LogP contribution in [0.3, 0.4) is 0 Å². The van der Waals surface area contributed by atoms with E-state index in [1.807, 2.05) is 12.1 Å². The lowest BCUT2D eigenvalue weighted by Gasteiger charge is -2.26. The Balaban J connectivity index is 1.70. The third-order valence-electron chi connectivity index (χ3n) is 3.20. The number of ether oxygens (including phenoxy) is 1. The van der Waals surface area contributed by atoms with Gasteiger partial charge in [-0.25, -0.2) is 4.68 Å². The quantitative estimate of drug-likeness (QED) is 0.856. The van der Waals surface area contributed by atoms with Crippen LogP contribution in [0.4, 0.5) is 5.69 Å². The average molecular weight is 273 g/mol. The van der Waals surface area contributed by atoms with Crippen molar-refractivity contribution < 1.29 is 9.53 Å². The van der Waals surface area contributed by atoms with Crippen molar-refractivity contribution in [1.82, 2.24) is 20.3 Å². The maximum atomic E-state index is 12.1.